The molecule has 1 unspecified atom stereocenters. The molecule has 2 heterocycles. The number of aryl methyl sites for hydroxylation is 1. The average Bonchev–Trinajstić information content (AvgIpc) is 3.35. The Morgan fingerprint density at radius 1 is 0.787 bits per heavy atom. The first-order chi connectivity index (χ1) is 22.9. The van der Waals surface area contributed by atoms with Crippen LogP contribution in [0.4, 0.5) is 0 Å². The van der Waals surface area contributed by atoms with Gasteiger partial charge in [-0.05, 0) is 71.6 Å². The molecule has 236 valence electrons. The highest BCUT2D eigenvalue weighted by molar-refractivity contribution is 6.46. The van der Waals surface area contributed by atoms with E-state index in [2.05, 4.69) is 11.1 Å². The van der Waals surface area contributed by atoms with Crippen LogP contribution in [0.2, 0.25) is 0 Å². The lowest BCUT2D eigenvalue weighted by atomic mass is 9.94. The molecule has 1 fully saturated rings. The number of hydrogen-bond acceptors (Lipinski definition) is 7. The summed E-state index contributed by atoms with van der Waals surface area (Å²) in [6.45, 7) is 2.86. The van der Waals surface area contributed by atoms with Crippen molar-refractivity contribution in [2.24, 2.45) is 0 Å². The number of aliphatic hydroxyl groups excluding tert-OH is 1. The number of hydrogen-bond donors (Lipinski definition) is 1. The fourth-order valence-corrected chi connectivity index (χ4v) is 5.62. The Balaban J connectivity index is 1.33. The number of pyridine rings is 1. The Labute approximate surface area is 273 Å². The topological polar surface area (TPSA) is 98.2 Å². The molecule has 0 saturated carbocycles. The number of carbonyl (C=O) groups excluding carboxylic acids is 2. The van der Waals surface area contributed by atoms with Crippen molar-refractivity contribution in [1.29, 1.82) is 0 Å². The molecular formula is C39H34N2O6. The molecule has 1 N–H and O–H groups in total. The summed E-state index contributed by atoms with van der Waals surface area (Å²) in [5.41, 5.74) is 4.86. The number of carbonyl (C=O) groups is 2. The predicted octanol–water partition coefficient (Wildman–Crippen LogP) is 7.18. The van der Waals surface area contributed by atoms with Gasteiger partial charge in [-0.3, -0.25) is 14.6 Å². The largest absolute Gasteiger partial charge is 0.507 e. The van der Waals surface area contributed by atoms with Gasteiger partial charge in [-0.1, -0.05) is 72.3 Å². The van der Waals surface area contributed by atoms with Gasteiger partial charge >= 0.3 is 0 Å². The van der Waals surface area contributed by atoms with Crippen molar-refractivity contribution < 1.29 is 28.9 Å². The Bertz CT molecular complexity index is 1910. The molecule has 0 spiro atoms. The lowest BCUT2D eigenvalue weighted by molar-refractivity contribution is -0.140. The number of nitrogens with zero attached hydrogens (tertiary/aromatic N) is 2. The van der Waals surface area contributed by atoms with Crippen LogP contribution in [0.3, 0.4) is 0 Å². The number of likely N-dealkylation sites (tertiary alicyclic amines) is 1. The zero-order chi connectivity index (χ0) is 32.8. The monoisotopic (exact) mass is 626 g/mol. The smallest absolute Gasteiger partial charge is 0.295 e. The summed E-state index contributed by atoms with van der Waals surface area (Å²) in [6, 6.07) is 32.6. The van der Waals surface area contributed by atoms with E-state index < -0.39 is 17.7 Å². The Kier molecular flexibility index (Phi) is 9.29. The Morgan fingerprint density at radius 2 is 1.53 bits per heavy atom. The van der Waals surface area contributed by atoms with Crippen molar-refractivity contribution in [2.75, 3.05) is 7.11 Å². The van der Waals surface area contributed by atoms with Crippen LogP contribution in [-0.4, -0.2) is 33.8 Å². The number of aromatic nitrogens is 1. The maximum atomic E-state index is 13.6. The molecule has 0 radical (unpaired) electrons. The minimum absolute atomic E-state index is 0.0210. The molecule has 0 bridgehead atoms. The van der Waals surface area contributed by atoms with Crippen LogP contribution in [0.1, 0.15) is 39.4 Å². The lowest BCUT2D eigenvalue weighted by Crippen LogP contribution is -2.29. The van der Waals surface area contributed by atoms with E-state index in [9.17, 15) is 14.7 Å². The van der Waals surface area contributed by atoms with E-state index in [0.29, 0.717) is 41.6 Å². The average molecular weight is 627 g/mol. The Morgan fingerprint density at radius 3 is 2.26 bits per heavy atom. The molecule has 1 aromatic heterocycles. The zero-order valence-corrected chi connectivity index (χ0v) is 26.1. The van der Waals surface area contributed by atoms with Crippen molar-refractivity contribution in [1.82, 2.24) is 9.88 Å². The van der Waals surface area contributed by atoms with Gasteiger partial charge in [0.2, 0.25) is 0 Å². The van der Waals surface area contributed by atoms with E-state index in [1.807, 2.05) is 61.5 Å². The molecule has 1 aliphatic rings. The number of ether oxygens (including phenoxy) is 3. The zero-order valence-electron chi connectivity index (χ0n) is 26.1. The van der Waals surface area contributed by atoms with Crippen LogP contribution in [0, 0.1) is 6.92 Å². The SMILES string of the molecule is COc1cc(C2/C(=C(\O)c3ccc(OCc4cccc(C)c4)cc3)C(=O)C(=O)N2Cc2cccnc2)ccc1OCc1ccccc1. The summed E-state index contributed by atoms with van der Waals surface area (Å²) in [5, 5.41) is 11.6. The van der Waals surface area contributed by atoms with Gasteiger partial charge in [-0.25, -0.2) is 0 Å². The van der Waals surface area contributed by atoms with Crippen LogP contribution < -0.4 is 14.2 Å². The first kappa shape index (κ1) is 31.1. The third kappa shape index (κ3) is 7.02. The molecule has 5 aromatic rings. The van der Waals surface area contributed by atoms with Gasteiger partial charge < -0.3 is 24.2 Å². The Hall–Kier alpha value is -5.89. The maximum Gasteiger partial charge on any atom is 0.295 e. The summed E-state index contributed by atoms with van der Waals surface area (Å²) in [6.07, 6.45) is 3.29. The summed E-state index contributed by atoms with van der Waals surface area (Å²) in [7, 11) is 1.53. The van der Waals surface area contributed by atoms with Gasteiger partial charge in [0, 0.05) is 24.5 Å². The number of amides is 1. The highest BCUT2D eigenvalue weighted by atomic mass is 16.5. The molecular weight excluding hydrogens is 592 g/mol. The number of ketones is 1. The lowest BCUT2D eigenvalue weighted by Gasteiger charge is -2.26. The third-order valence-electron chi connectivity index (χ3n) is 7.97. The molecule has 1 amide bonds. The molecule has 8 heteroatoms. The molecule has 6 rings (SSSR count). The van der Waals surface area contributed by atoms with Crippen LogP contribution >= 0.6 is 0 Å². The second-order valence-corrected chi connectivity index (χ2v) is 11.3. The summed E-state index contributed by atoms with van der Waals surface area (Å²) in [5.74, 6) is -0.240. The normalized spacial score (nSPS) is 15.4. The van der Waals surface area contributed by atoms with E-state index in [-0.39, 0.29) is 17.9 Å². The van der Waals surface area contributed by atoms with Crippen molar-refractivity contribution >= 4 is 17.4 Å². The summed E-state index contributed by atoms with van der Waals surface area (Å²) >= 11 is 0. The van der Waals surface area contributed by atoms with Gasteiger partial charge in [0.05, 0.1) is 18.7 Å². The summed E-state index contributed by atoms with van der Waals surface area (Å²) in [4.78, 5) is 32.8. The molecule has 1 saturated heterocycles. The van der Waals surface area contributed by atoms with Gasteiger partial charge in [-0.2, -0.15) is 0 Å². The van der Waals surface area contributed by atoms with E-state index in [1.54, 1.807) is 60.9 Å². The van der Waals surface area contributed by atoms with Crippen LogP contribution in [0.25, 0.3) is 5.76 Å². The van der Waals surface area contributed by atoms with Crippen molar-refractivity contribution in [2.45, 2.75) is 32.7 Å². The predicted molar refractivity (Wildman–Crippen MR) is 178 cm³/mol. The number of methoxy groups -OCH3 is 1. The van der Waals surface area contributed by atoms with Gasteiger partial charge in [-0.15, -0.1) is 0 Å². The molecule has 8 nitrogen and oxygen atoms in total. The molecule has 1 atom stereocenters. The highest BCUT2D eigenvalue weighted by Crippen LogP contribution is 2.43. The first-order valence-corrected chi connectivity index (χ1v) is 15.2. The van der Waals surface area contributed by atoms with Crippen molar-refractivity contribution in [3.63, 3.8) is 0 Å². The fourth-order valence-electron chi connectivity index (χ4n) is 5.62. The maximum absolute atomic E-state index is 13.6. The first-order valence-electron chi connectivity index (χ1n) is 15.2. The highest BCUT2D eigenvalue weighted by Gasteiger charge is 2.46. The second-order valence-electron chi connectivity index (χ2n) is 11.3. The van der Waals surface area contributed by atoms with Crippen molar-refractivity contribution in [3.05, 3.63) is 161 Å². The van der Waals surface area contributed by atoms with Gasteiger partial charge in [0.15, 0.2) is 11.5 Å². The number of benzene rings is 4. The second kappa shape index (κ2) is 14.0. The van der Waals surface area contributed by atoms with E-state index >= 15 is 0 Å². The fraction of sp³-hybridized carbons (Fsp3) is 0.154. The number of Topliss-reactive ketones (excluding diaryl/α,β-unsaturated/α-hetero) is 1. The van der Waals surface area contributed by atoms with Crippen LogP contribution in [0.15, 0.2) is 127 Å². The van der Waals surface area contributed by atoms with E-state index in [4.69, 9.17) is 14.2 Å². The molecule has 1 aliphatic heterocycles. The molecule has 0 aliphatic carbocycles. The standard InChI is InChI=1S/C39H34N2O6/c1-26-8-6-11-28(20-26)25-46-32-16-13-30(14-17-32)37(42)35-36(41(39(44)38(35)43)23-29-12-7-19-40-22-29)31-15-18-33(34(21-31)45-2)47-24-27-9-4-3-5-10-27/h3-22,36,42H,23-25H2,1-2H3/b37-35+. The molecule has 4 aromatic carbocycles. The quantitative estimate of drug-likeness (QED) is 0.0942. The summed E-state index contributed by atoms with van der Waals surface area (Å²) < 4.78 is 17.7. The van der Waals surface area contributed by atoms with Gasteiger partial charge in [0.25, 0.3) is 11.7 Å². The number of aliphatic hydroxyl groups is 1. The number of rotatable bonds is 11. The van der Waals surface area contributed by atoms with Gasteiger partial charge in [0.1, 0.15) is 24.7 Å². The van der Waals surface area contributed by atoms with Crippen LogP contribution in [-0.2, 0) is 29.3 Å². The van der Waals surface area contributed by atoms with E-state index in [1.165, 1.54) is 12.0 Å². The molecule has 47 heavy (non-hydrogen) atoms. The minimum Gasteiger partial charge on any atom is -0.507 e. The van der Waals surface area contributed by atoms with Crippen molar-refractivity contribution in [3.8, 4) is 17.2 Å². The van der Waals surface area contributed by atoms with E-state index in [0.717, 1.165) is 22.3 Å². The third-order valence-corrected chi connectivity index (χ3v) is 7.97. The minimum atomic E-state index is -0.899. The van der Waals surface area contributed by atoms with Crippen LogP contribution in [0.5, 0.6) is 17.2 Å².